The number of rotatable bonds is 4. The molecule has 0 atom stereocenters. The normalized spacial score (nSPS) is 10.0. The van der Waals surface area contributed by atoms with Crippen molar-refractivity contribution in [2.75, 3.05) is 0 Å². The monoisotopic (exact) mass is 179 g/mol. The Morgan fingerprint density at radius 1 is 1.83 bits per heavy atom. The molecule has 0 fully saturated rings. The first-order valence-electron chi connectivity index (χ1n) is 3.21. The molecule has 0 aliphatic rings. The van der Waals surface area contributed by atoms with Crippen LogP contribution < -0.4 is 0 Å². The van der Waals surface area contributed by atoms with Crippen LogP contribution in [0.4, 0.5) is 5.00 Å². The zero-order valence-corrected chi connectivity index (χ0v) is 7.12. The van der Waals surface area contributed by atoms with Crippen LogP contribution in [0.15, 0.2) is 15.5 Å². The molecule has 0 aliphatic heterocycles. The molecule has 0 amide bonds. The first-order chi connectivity index (χ1) is 5.88. The van der Waals surface area contributed by atoms with E-state index in [1.807, 2.05) is 0 Å². The zero-order valence-electron chi connectivity index (χ0n) is 6.30. The zero-order chi connectivity index (χ0) is 8.81. The molecule has 1 rings (SSSR count). The van der Waals surface area contributed by atoms with Gasteiger partial charge < -0.3 is 0 Å². The number of thiazole rings is 1. The summed E-state index contributed by atoms with van der Waals surface area (Å²) in [5.41, 5.74) is 2.42. The van der Waals surface area contributed by atoms with Crippen molar-refractivity contribution >= 4 is 36.3 Å². The third-order valence-corrected chi connectivity index (χ3v) is 1.91. The predicted octanol–water partition coefficient (Wildman–Crippen LogP) is 1.05. The average molecular weight is 179 g/mol. The molecular formula is C6H6BN3OS. The molecule has 0 spiro atoms. The Balaban J connectivity index is 2.82. The molecule has 0 saturated carbocycles. The van der Waals surface area contributed by atoms with E-state index < -0.39 is 0 Å². The summed E-state index contributed by atoms with van der Waals surface area (Å²) in [7, 11) is 0.630. The first kappa shape index (κ1) is 8.93. The van der Waals surface area contributed by atoms with Crippen molar-refractivity contribution in [3.05, 3.63) is 11.2 Å². The summed E-state index contributed by atoms with van der Waals surface area (Å²) in [6.45, 7) is 3.79. The number of aromatic nitrogens is 1. The van der Waals surface area contributed by atoms with Gasteiger partial charge in [0.2, 0.25) is 0 Å². The second-order valence-corrected chi connectivity index (χ2v) is 2.73. The summed E-state index contributed by atoms with van der Waals surface area (Å²) < 4.78 is 9.97. The molecule has 1 aromatic heterocycles. The van der Waals surface area contributed by atoms with Crippen LogP contribution in [0.2, 0.25) is 0 Å². The third kappa shape index (κ3) is 2.16. The second-order valence-electron chi connectivity index (χ2n) is 1.90. The fourth-order valence-corrected chi connectivity index (χ4v) is 1.34. The van der Waals surface area contributed by atoms with Crippen LogP contribution in [-0.2, 0) is 11.2 Å². The van der Waals surface area contributed by atoms with Crippen molar-refractivity contribution in [1.82, 2.24) is 4.98 Å². The van der Waals surface area contributed by atoms with E-state index in [4.69, 9.17) is 0 Å². The van der Waals surface area contributed by atoms with Gasteiger partial charge in [-0.15, -0.1) is 0 Å². The van der Waals surface area contributed by atoms with Crippen molar-refractivity contribution in [3.63, 3.8) is 0 Å². The Labute approximate surface area is 74.3 Å². The second kappa shape index (κ2) is 4.66. The Kier molecular flexibility index (Phi) is 3.47. The van der Waals surface area contributed by atoms with Gasteiger partial charge in [0, 0.05) is 0 Å². The van der Waals surface area contributed by atoms with E-state index in [0.29, 0.717) is 13.7 Å². The molecule has 1 heterocycles. The molecular weight excluding hydrogens is 173 g/mol. The van der Waals surface area contributed by atoms with Crippen molar-refractivity contribution in [2.45, 2.75) is 6.54 Å². The molecule has 4 nitrogen and oxygen atoms in total. The summed E-state index contributed by atoms with van der Waals surface area (Å²) in [4.78, 5) is 11.6. The minimum absolute atomic E-state index is 0.440. The van der Waals surface area contributed by atoms with Gasteiger partial charge in [-0.2, -0.15) is 0 Å². The Morgan fingerprint density at radius 2 is 2.67 bits per heavy atom. The van der Waals surface area contributed by atoms with Crippen molar-refractivity contribution in [1.29, 1.82) is 0 Å². The molecule has 0 aliphatic carbocycles. The predicted molar refractivity (Wildman–Crippen MR) is 50.0 cm³/mol. The molecule has 0 aromatic carbocycles. The van der Waals surface area contributed by atoms with Crippen LogP contribution >= 0.6 is 11.3 Å². The topological polar surface area (TPSA) is 54.7 Å². The number of nitrogens with zero attached hydrogens (tertiary/aromatic N) is 3. The van der Waals surface area contributed by atoms with Crippen molar-refractivity contribution in [3.8, 4) is 0 Å². The van der Waals surface area contributed by atoms with Crippen molar-refractivity contribution < 1.29 is 4.70 Å². The molecule has 6 heteroatoms. The van der Waals surface area contributed by atoms with E-state index in [2.05, 4.69) is 21.7 Å². The first-order valence-corrected chi connectivity index (χ1v) is 4.09. The summed E-state index contributed by atoms with van der Waals surface area (Å²) in [5, 5.41) is 0.717. The Hall–Kier alpha value is -1.17. The van der Waals surface area contributed by atoms with E-state index >= 15 is 0 Å². The molecule has 0 radical (unpaired) electrons. The van der Waals surface area contributed by atoms with Crippen LogP contribution in [0.5, 0.6) is 0 Å². The van der Waals surface area contributed by atoms with Crippen molar-refractivity contribution in [2.24, 2.45) is 9.98 Å². The Morgan fingerprint density at radius 3 is 3.33 bits per heavy atom. The minimum atomic E-state index is 0.440. The fourth-order valence-electron chi connectivity index (χ4n) is 0.681. The van der Waals surface area contributed by atoms with Gasteiger partial charge in [0.25, 0.3) is 0 Å². The van der Waals surface area contributed by atoms with Gasteiger partial charge >= 0.3 is 73.7 Å². The third-order valence-electron chi connectivity index (χ3n) is 1.13. The van der Waals surface area contributed by atoms with Crippen LogP contribution in [0.1, 0.15) is 5.69 Å². The summed E-state index contributed by atoms with van der Waals surface area (Å²) >= 11 is 1.37. The molecule has 12 heavy (non-hydrogen) atoms. The van der Waals surface area contributed by atoms with Gasteiger partial charge in [-0.25, -0.2) is 0 Å². The fraction of sp³-hybridized carbons (Fsp3) is 0.167. The van der Waals surface area contributed by atoms with E-state index in [1.165, 1.54) is 17.5 Å². The van der Waals surface area contributed by atoms with Gasteiger partial charge in [0.05, 0.1) is 0 Å². The average Bonchev–Trinajstić information content (AvgIpc) is 2.50. The van der Waals surface area contributed by atoms with E-state index in [1.54, 1.807) is 5.51 Å². The van der Waals surface area contributed by atoms with E-state index in [9.17, 15) is 4.70 Å². The van der Waals surface area contributed by atoms with E-state index in [-0.39, 0.29) is 0 Å². The molecule has 1 aromatic rings. The standard InChI is InChI=1S/C6H6BN3OS/c1-8-2-5-6(9-3-7-11)12-4-10-5/h3-4H,1-2H2/b9-3+. The number of aliphatic imine (C=N–C) groups is 2. The van der Waals surface area contributed by atoms with Gasteiger partial charge in [0.1, 0.15) is 0 Å². The Bertz CT molecular complexity index is 309. The molecule has 0 saturated heterocycles. The maximum atomic E-state index is 9.97. The molecule has 60 valence electrons. The number of hydrogen-bond acceptors (Lipinski definition) is 5. The molecule has 0 bridgehead atoms. The van der Waals surface area contributed by atoms with E-state index in [0.717, 1.165) is 10.7 Å². The summed E-state index contributed by atoms with van der Waals surface area (Å²) in [6.07, 6.45) is 1.19. The quantitative estimate of drug-likeness (QED) is 0.512. The van der Waals surface area contributed by atoms with Gasteiger partial charge in [-0.1, -0.05) is 0 Å². The summed E-state index contributed by atoms with van der Waals surface area (Å²) in [5.74, 6) is 0. The summed E-state index contributed by atoms with van der Waals surface area (Å²) in [6, 6.07) is 0. The van der Waals surface area contributed by atoms with Gasteiger partial charge in [0.15, 0.2) is 0 Å². The SMILES string of the molecule is C=NCc1ncsc1/N=C/B=O. The van der Waals surface area contributed by atoms with Gasteiger partial charge in [-0.05, 0) is 0 Å². The van der Waals surface area contributed by atoms with Crippen LogP contribution in [0, 0.1) is 0 Å². The number of hydrogen-bond donors (Lipinski definition) is 0. The van der Waals surface area contributed by atoms with Crippen LogP contribution in [0.3, 0.4) is 0 Å². The molecule has 0 unspecified atom stereocenters. The molecule has 0 N–H and O–H groups in total. The van der Waals surface area contributed by atoms with Crippen LogP contribution in [-0.4, -0.2) is 25.0 Å². The van der Waals surface area contributed by atoms with Crippen LogP contribution in [0.25, 0.3) is 0 Å². The maximum absolute atomic E-state index is 9.97. The van der Waals surface area contributed by atoms with Gasteiger partial charge in [-0.3, -0.25) is 0 Å².